The number of amides is 1. The Bertz CT molecular complexity index is 778. The van der Waals surface area contributed by atoms with Crippen LogP contribution in [0.4, 0.5) is 10.1 Å². The van der Waals surface area contributed by atoms with Gasteiger partial charge in [0.1, 0.15) is 18.1 Å². The molecule has 0 aliphatic carbocycles. The maximum atomic E-state index is 12.9. The highest BCUT2D eigenvalue weighted by Gasteiger charge is 2.19. The zero-order valence-electron chi connectivity index (χ0n) is 16.1. The Hall–Kier alpha value is -2.90. The van der Waals surface area contributed by atoms with Gasteiger partial charge in [-0.05, 0) is 31.2 Å². The van der Waals surface area contributed by atoms with E-state index in [1.807, 2.05) is 6.92 Å². The van der Waals surface area contributed by atoms with Gasteiger partial charge in [-0.2, -0.15) is 0 Å². The van der Waals surface area contributed by atoms with Gasteiger partial charge >= 0.3 is 0 Å². The van der Waals surface area contributed by atoms with E-state index in [2.05, 4.69) is 46.7 Å². The van der Waals surface area contributed by atoms with Crippen LogP contribution in [-0.2, 0) is 16.8 Å². The second-order valence-electron chi connectivity index (χ2n) is 6.97. The Morgan fingerprint density at radius 3 is 2.52 bits per heavy atom. The predicted molar refractivity (Wildman–Crippen MR) is 103 cm³/mol. The van der Waals surface area contributed by atoms with Crippen LogP contribution in [-0.4, -0.2) is 29.9 Å². The zero-order chi connectivity index (χ0) is 19.9. The minimum Gasteiger partial charge on any atom is -0.443 e. The van der Waals surface area contributed by atoms with Gasteiger partial charge in [-0.1, -0.05) is 20.8 Å². The number of carbonyl (C=O) groups is 1. The fourth-order valence-electron chi connectivity index (χ4n) is 2.12. The summed E-state index contributed by atoms with van der Waals surface area (Å²) in [6.07, 6.45) is 1.72. The normalized spacial score (nSPS) is 12.0. The van der Waals surface area contributed by atoms with E-state index in [1.165, 1.54) is 24.3 Å². The average molecular weight is 375 g/mol. The third kappa shape index (κ3) is 6.73. The number of carbonyl (C=O) groups excluding carboxylic acids is 1. The minimum absolute atomic E-state index is 0.0778. The second-order valence-corrected chi connectivity index (χ2v) is 6.97. The van der Waals surface area contributed by atoms with Crippen molar-refractivity contribution in [3.05, 3.63) is 47.9 Å². The first-order valence-electron chi connectivity index (χ1n) is 8.80. The van der Waals surface area contributed by atoms with Crippen molar-refractivity contribution in [3.8, 4) is 0 Å². The highest BCUT2D eigenvalue weighted by Crippen LogP contribution is 2.22. The highest BCUT2D eigenvalue weighted by molar-refractivity contribution is 5.94. The molecule has 0 bridgehead atoms. The lowest BCUT2D eigenvalue weighted by Crippen LogP contribution is -2.37. The van der Waals surface area contributed by atoms with E-state index in [1.54, 1.807) is 6.20 Å². The maximum Gasteiger partial charge on any atom is 0.246 e. The standard InChI is InChI=1S/C19H26FN5O2/c1-5-21-18(24-12-17-22-10-15(27-17)19(2,3)4)23-11-16(26)25-14-8-6-13(20)7-9-14/h6-10H,5,11-12H2,1-4H3,(H,25,26)(H2,21,23,24). The summed E-state index contributed by atoms with van der Waals surface area (Å²) in [6, 6.07) is 5.56. The maximum absolute atomic E-state index is 12.9. The van der Waals surface area contributed by atoms with Gasteiger partial charge in [0.25, 0.3) is 0 Å². The number of aliphatic imine (C=N–C) groups is 1. The summed E-state index contributed by atoms with van der Waals surface area (Å²) in [4.78, 5) is 20.5. The molecule has 8 heteroatoms. The molecule has 3 N–H and O–H groups in total. The molecule has 1 aromatic carbocycles. The molecule has 0 unspecified atom stereocenters. The van der Waals surface area contributed by atoms with Crippen molar-refractivity contribution in [3.63, 3.8) is 0 Å². The SMILES string of the molecule is CCNC(=NCC(=O)Nc1ccc(F)cc1)NCc1ncc(C(C)(C)C)o1. The summed E-state index contributed by atoms with van der Waals surface area (Å²) in [5, 5.41) is 8.80. The van der Waals surface area contributed by atoms with E-state index in [0.29, 0.717) is 30.6 Å². The smallest absolute Gasteiger partial charge is 0.246 e. The quantitative estimate of drug-likeness (QED) is 0.533. The molecule has 0 aliphatic heterocycles. The number of oxazole rings is 1. The van der Waals surface area contributed by atoms with Gasteiger partial charge in [0.15, 0.2) is 5.96 Å². The van der Waals surface area contributed by atoms with E-state index in [0.717, 1.165) is 5.76 Å². The zero-order valence-corrected chi connectivity index (χ0v) is 16.1. The van der Waals surface area contributed by atoms with Crippen LogP contribution in [0, 0.1) is 5.82 Å². The van der Waals surface area contributed by atoms with Gasteiger partial charge in [0.2, 0.25) is 11.8 Å². The Balaban J connectivity index is 1.90. The lowest BCUT2D eigenvalue weighted by atomic mass is 9.94. The average Bonchev–Trinajstić information content (AvgIpc) is 3.09. The Kier molecular flexibility index (Phi) is 6.92. The van der Waals surface area contributed by atoms with Gasteiger partial charge in [0, 0.05) is 17.6 Å². The van der Waals surface area contributed by atoms with E-state index in [-0.39, 0.29) is 23.7 Å². The topological polar surface area (TPSA) is 91.5 Å². The number of rotatable bonds is 6. The third-order valence-electron chi connectivity index (χ3n) is 3.55. The molecular formula is C19H26FN5O2. The number of halogens is 1. The molecular weight excluding hydrogens is 349 g/mol. The summed E-state index contributed by atoms with van der Waals surface area (Å²) in [6.45, 7) is 9.00. The van der Waals surface area contributed by atoms with E-state index in [9.17, 15) is 9.18 Å². The minimum atomic E-state index is -0.356. The van der Waals surface area contributed by atoms with Gasteiger partial charge in [-0.15, -0.1) is 0 Å². The van der Waals surface area contributed by atoms with Crippen molar-refractivity contribution >= 4 is 17.6 Å². The van der Waals surface area contributed by atoms with Crippen LogP contribution in [0.15, 0.2) is 39.9 Å². The second kappa shape index (κ2) is 9.16. The lowest BCUT2D eigenvalue weighted by molar-refractivity contribution is -0.114. The highest BCUT2D eigenvalue weighted by atomic mass is 19.1. The molecule has 0 saturated heterocycles. The largest absolute Gasteiger partial charge is 0.443 e. The van der Waals surface area contributed by atoms with Crippen molar-refractivity contribution in [2.24, 2.45) is 4.99 Å². The molecule has 27 heavy (non-hydrogen) atoms. The first kappa shape index (κ1) is 20.4. The molecule has 1 heterocycles. The van der Waals surface area contributed by atoms with Gasteiger partial charge in [-0.3, -0.25) is 4.79 Å². The van der Waals surface area contributed by atoms with Gasteiger partial charge in [-0.25, -0.2) is 14.4 Å². The van der Waals surface area contributed by atoms with Crippen LogP contribution >= 0.6 is 0 Å². The molecule has 0 radical (unpaired) electrons. The van der Waals surface area contributed by atoms with Crippen LogP contribution in [0.2, 0.25) is 0 Å². The fourth-order valence-corrected chi connectivity index (χ4v) is 2.12. The van der Waals surface area contributed by atoms with Crippen molar-refractivity contribution in [2.45, 2.75) is 39.7 Å². The predicted octanol–water partition coefficient (Wildman–Crippen LogP) is 2.81. The summed E-state index contributed by atoms with van der Waals surface area (Å²) >= 11 is 0. The van der Waals surface area contributed by atoms with E-state index >= 15 is 0 Å². The molecule has 1 amide bonds. The van der Waals surface area contributed by atoms with Crippen LogP contribution in [0.5, 0.6) is 0 Å². The number of nitrogens with one attached hydrogen (secondary N) is 3. The molecule has 7 nitrogen and oxygen atoms in total. The molecule has 0 saturated carbocycles. The molecule has 0 fully saturated rings. The number of aromatic nitrogens is 1. The van der Waals surface area contributed by atoms with Crippen LogP contribution < -0.4 is 16.0 Å². The molecule has 0 atom stereocenters. The van der Waals surface area contributed by atoms with Gasteiger partial charge in [0.05, 0.1) is 12.7 Å². The summed E-state index contributed by atoms with van der Waals surface area (Å²) in [7, 11) is 0. The lowest BCUT2D eigenvalue weighted by Gasteiger charge is -2.13. The number of nitrogens with zero attached hydrogens (tertiary/aromatic N) is 2. The van der Waals surface area contributed by atoms with E-state index in [4.69, 9.17) is 4.42 Å². The molecule has 0 spiro atoms. The fraction of sp³-hybridized carbons (Fsp3) is 0.421. The molecule has 0 aliphatic rings. The Morgan fingerprint density at radius 2 is 1.93 bits per heavy atom. The van der Waals surface area contributed by atoms with Gasteiger partial charge < -0.3 is 20.4 Å². The van der Waals surface area contributed by atoms with Crippen molar-refractivity contribution in [1.82, 2.24) is 15.6 Å². The summed E-state index contributed by atoms with van der Waals surface area (Å²) in [5.41, 5.74) is 0.409. The van der Waals surface area contributed by atoms with Crippen molar-refractivity contribution < 1.29 is 13.6 Å². The number of guanidine groups is 1. The van der Waals surface area contributed by atoms with Crippen LogP contribution in [0.1, 0.15) is 39.3 Å². The van der Waals surface area contributed by atoms with E-state index < -0.39 is 0 Å². The first-order chi connectivity index (χ1) is 12.8. The van der Waals surface area contributed by atoms with Crippen molar-refractivity contribution in [2.75, 3.05) is 18.4 Å². The van der Waals surface area contributed by atoms with Crippen LogP contribution in [0.3, 0.4) is 0 Å². The summed E-state index contributed by atoms with van der Waals surface area (Å²) < 4.78 is 18.6. The van der Waals surface area contributed by atoms with Crippen LogP contribution in [0.25, 0.3) is 0 Å². The first-order valence-corrected chi connectivity index (χ1v) is 8.80. The molecule has 2 rings (SSSR count). The number of hydrogen-bond donors (Lipinski definition) is 3. The third-order valence-corrected chi connectivity index (χ3v) is 3.55. The monoisotopic (exact) mass is 375 g/mol. The Morgan fingerprint density at radius 1 is 1.22 bits per heavy atom. The molecule has 2 aromatic rings. The summed E-state index contributed by atoms with van der Waals surface area (Å²) in [5.74, 6) is 1.17. The number of anilines is 1. The number of hydrogen-bond acceptors (Lipinski definition) is 4. The van der Waals surface area contributed by atoms with Crippen molar-refractivity contribution in [1.29, 1.82) is 0 Å². The Labute approximate surface area is 158 Å². The molecule has 1 aromatic heterocycles. The number of benzene rings is 1. The molecule has 146 valence electrons.